The molecule has 1 aliphatic rings. The summed E-state index contributed by atoms with van der Waals surface area (Å²) in [4.78, 5) is 22.9. The van der Waals surface area contributed by atoms with Gasteiger partial charge < -0.3 is 15.7 Å². The second kappa shape index (κ2) is 6.47. The molecule has 0 aliphatic heterocycles. The van der Waals surface area contributed by atoms with Gasteiger partial charge in [0.05, 0.1) is 5.56 Å². The van der Waals surface area contributed by atoms with E-state index in [1.807, 2.05) is 0 Å². The number of carboxylic acids is 1. The van der Waals surface area contributed by atoms with Crippen molar-refractivity contribution >= 4 is 33.6 Å². The summed E-state index contributed by atoms with van der Waals surface area (Å²) in [7, 11) is 0. The molecule has 0 spiro atoms. The molecule has 114 valence electrons. The van der Waals surface area contributed by atoms with Crippen LogP contribution in [0, 0.1) is 5.41 Å². The average Bonchev–Trinajstić information content (AvgIpc) is 2.86. The van der Waals surface area contributed by atoms with Gasteiger partial charge in [0.25, 0.3) is 0 Å². The number of nitrogens with one attached hydrogen (secondary N) is 2. The van der Waals surface area contributed by atoms with Gasteiger partial charge in [0.1, 0.15) is 0 Å². The number of carboxylic acid groups (broad SMARTS) is 1. The quantitative estimate of drug-likeness (QED) is 0.768. The first-order chi connectivity index (χ1) is 9.89. The van der Waals surface area contributed by atoms with Gasteiger partial charge >= 0.3 is 12.0 Å². The van der Waals surface area contributed by atoms with E-state index >= 15 is 0 Å². The van der Waals surface area contributed by atoms with E-state index in [9.17, 15) is 9.59 Å². The fourth-order valence-electron chi connectivity index (χ4n) is 2.64. The Hall–Kier alpha value is -1.56. The number of urea groups is 1. The summed E-state index contributed by atoms with van der Waals surface area (Å²) in [6.07, 6.45) is 4.70. The number of benzene rings is 1. The second-order valence-corrected chi connectivity index (χ2v) is 6.68. The first-order valence-electron chi connectivity index (χ1n) is 6.97. The molecule has 1 saturated carbocycles. The predicted molar refractivity (Wildman–Crippen MR) is 84.7 cm³/mol. The first kappa shape index (κ1) is 15.8. The Bertz CT molecular complexity index is 554. The maximum Gasteiger partial charge on any atom is 0.336 e. The van der Waals surface area contributed by atoms with Crippen molar-refractivity contribution in [3.63, 3.8) is 0 Å². The van der Waals surface area contributed by atoms with E-state index in [-0.39, 0.29) is 17.0 Å². The number of amides is 2. The highest BCUT2D eigenvalue weighted by Gasteiger charge is 2.28. The highest BCUT2D eigenvalue weighted by atomic mass is 79.9. The molecule has 0 aromatic heterocycles. The second-order valence-electron chi connectivity index (χ2n) is 5.83. The lowest BCUT2D eigenvalue weighted by Crippen LogP contribution is -2.36. The van der Waals surface area contributed by atoms with E-state index in [1.165, 1.54) is 18.9 Å². The molecule has 2 rings (SSSR count). The van der Waals surface area contributed by atoms with E-state index in [1.54, 1.807) is 12.1 Å². The highest BCUT2D eigenvalue weighted by Crippen LogP contribution is 2.36. The number of anilines is 1. The minimum atomic E-state index is -1.04. The molecule has 2 amide bonds. The molecule has 0 heterocycles. The number of aromatic carboxylic acids is 1. The summed E-state index contributed by atoms with van der Waals surface area (Å²) in [6, 6.07) is 4.40. The molecule has 3 N–H and O–H groups in total. The van der Waals surface area contributed by atoms with Crippen molar-refractivity contribution in [3.8, 4) is 0 Å². The maximum absolute atomic E-state index is 11.9. The standard InChI is InChI=1S/C15H19BrN2O3/c1-15(6-2-3-7-15)9-17-14(21)18-10-4-5-12(16)11(8-10)13(19)20/h4-5,8H,2-3,6-7,9H2,1H3,(H,19,20)(H2,17,18,21). The summed E-state index contributed by atoms with van der Waals surface area (Å²) in [5.74, 6) is -1.04. The first-order valence-corrected chi connectivity index (χ1v) is 7.77. The Morgan fingerprint density at radius 2 is 2.00 bits per heavy atom. The van der Waals surface area contributed by atoms with Crippen LogP contribution in [0.25, 0.3) is 0 Å². The van der Waals surface area contributed by atoms with Gasteiger partial charge in [-0.25, -0.2) is 9.59 Å². The predicted octanol–water partition coefficient (Wildman–Crippen LogP) is 3.85. The zero-order valence-corrected chi connectivity index (χ0v) is 13.5. The molecule has 0 saturated heterocycles. The zero-order chi connectivity index (χ0) is 15.5. The number of carbonyl (C=O) groups is 2. The van der Waals surface area contributed by atoms with Crippen molar-refractivity contribution < 1.29 is 14.7 Å². The zero-order valence-electron chi connectivity index (χ0n) is 11.9. The Kier molecular flexibility index (Phi) is 4.88. The van der Waals surface area contributed by atoms with Crippen molar-refractivity contribution in [1.29, 1.82) is 0 Å². The molecule has 1 aliphatic carbocycles. The Balaban J connectivity index is 1.93. The lowest BCUT2D eigenvalue weighted by Gasteiger charge is -2.23. The van der Waals surface area contributed by atoms with Crippen LogP contribution in [0.2, 0.25) is 0 Å². The van der Waals surface area contributed by atoms with Gasteiger partial charge in [0.2, 0.25) is 0 Å². The van der Waals surface area contributed by atoms with Crippen LogP contribution in [0.5, 0.6) is 0 Å². The van der Waals surface area contributed by atoms with Gasteiger partial charge in [0, 0.05) is 16.7 Å². The third-order valence-electron chi connectivity index (χ3n) is 3.94. The van der Waals surface area contributed by atoms with Crippen molar-refractivity contribution in [1.82, 2.24) is 5.32 Å². The number of carbonyl (C=O) groups excluding carboxylic acids is 1. The molecule has 0 atom stereocenters. The van der Waals surface area contributed by atoms with E-state index in [0.29, 0.717) is 16.7 Å². The maximum atomic E-state index is 11.9. The van der Waals surface area contributed by atoms with Gasteiger partial charge in [-0.1, -0.05) is 19.8 Å². The lowest BCUT2D eigenvalue weighted by molar-refractivity contribution is 0.0696. The SMILES string of the molecule is CC1(CNC(=O)Nc2ccc(Br)c(C(=O)O)c2)CCCC1. The van der Waals surface area contributed by atoms with Gasteiger partial charge in [-0.05, 0) is 52.4 Å². The van der Waals surface area contributed by atoms with Gasteiger partial charge in [-0.2, -0.15) is 0 Å². The van der Waals surface area contributed by atoms with Crippen LogP contribution in [0.3, 0.4) is 0 Å². The molecule has 6 heteroatoms. The number of hydrogen-bond acceptors (Lipinski definition) is 2. The molecule has 1 aromatic rings. The third-order valence-corrected chi connectivity index (χ3v) is 4.63. The molecule has 5 nitrogen and oxygen atoms in total. The smallest absolute Gasteiger partial charge is 0.336 e. The van der Waals surface area contributed by atoms with Crippen LogP contribution in [-0.4, -0.2) is 23.7 Å². The molecular weight excluding hydrogens is 336 g/mol. The van der Waals surface area contributed by atoms with Gasteiger partial charge in [-0.3, -0.25) is 0 Å². The van der Waals surface area contributed by atoms with Crippen LogP contribution < -0.4 is 10.6 Å². The molecular formula is C15H19BrN2O3. The minimum Gasteiger partial charge on any atom is -0.478 e. The summed E-state index contributed by atoms with van der Waals surface area (Å²) in [6.45, 7) is 2.82. The Labute approximate surface area is 132 Å². The molecule has 0 unspecified atom stereocenters. The van der Waals surface area contributed by atoms with E-state index in [0.717, 1.165) is 12.8 Å². The monoisotopic (exact) mass is 354 g/mol. The number of halogens is 1. The van der Waals surface area contributed by atoms with Crippen molar-refractivity contribution in [2.24, 2.45) is 5.41 Å². The van der Waals surface area contributed by atoms with Crippen LogP contribution in [0.1, 0.15) is 43.0 Å². The largest absolute Gasteiger partial charge is 0.478 e. The van der Waals surface area contributed by atoms with Crippen molar-refractivity contribution in [2.45, 2.75) is 32.6 Å². The van der Waals surface area contributed by atoms with E-state index in [2.05, 4.69) is 33.5 Å². The minimum absolute atomic E-state index is 0.121. The summed E-state index contributed by atoms with van der Waals surface area (Å²) >= 11 is 3.17. The molecule has 21 heavy (non-hydrogen) atoms. The van der Waals surface area contributed by atoms with Crippen LogP contribution in [0.15, 0.2) is 22.7 Å². The van der Waals surface area contributed by atoms with Gasteiger partial charge in [-0.15, -0.1) is 0 Å². The number of rotatable bonds is 4. The Morgan fingerprint density at radius 1 is 1.33 bits per heavy atom. The fourth-order valence-corrected chi connectivity index (χ4v) is 3.06. The van der Waals surface area contributed by atoms with Crippen LogP contribution >= 0.6 is 15.9 Å². The van der Waals surface area contributed by atoms with Crippen molar-refractivity contribution in [2.75, 3.05) is 11.9 Å². The van der Waals surface area contributed by atoms with Gasteiger partial charge in [0.15, 0.2) is 0 Å². The Morgan fingerprint density at radius 3 is 2.62 bits per heavy atom. The van der Waals surface area contributed by atoms with Crippen molar-refractivity contribution in [3.05, 3.63) is 28.2 Å². The summed E-state index contributed by atoms with van der Waals surface area (Å²) in [5.41, 5.74) is 0.767. The average molecular weight is 355 g/mol. The third kappa shape index (κ3) is 4.20. The molecule has 0 bridgehead atoms. The summed E-state index contributed by atoms with van der Waals surface area (Å²) < 4.78 is 0.486. The van der Waals surface area contributed by atoms with E-state index in [4.69, 9.17) is 5.11 Å². The molecule has 1 fully saturated rings. The topological polar surface area (TPSA) is 78.4 Å². The van der Waals surface area contributed by atoms with Crippen LogP contribution in [-0.2, 0) is 0 Å². The fraction of sp³-hybridized carbons (Fsp3) is 0.467. The number of hydrogen-bond donors (Lipinski definition) is 3. The normalized spacial score (nSPS) is 16.5. The lowest BCUT2D eigenvalue weighted by atomic mass is 9.89. The van der Waals surface area contributed by atoms with Crippen LogP contribution in [0.4, 0.5) is 10.5 Å². The van der Waals surface area contributed by atoms with E-state index < -0.39 is 5.97 Å². The summed E-state index contributed by atoms with van der Waals surface area (Å²) in [5, 5.41) is 14.6. The highest BCUT2D eigenvalue weighted by molar-refractivity contribution is 9.10. The molecule has 0 radical (unpaired) electrons. The molecule has 1 aromatic carbocycles.